The van der Waals surface area contributed by atoms with Crippen molar-refractivity contribution in [3.63, 3.8) is 0 Å². The number of fused-ring (bicyclic) bond motifs is 1. The molecule has 1 saturated heterocycles. The SMILES string of the molecule is CC(C)Nc1nn(C2CCNCC2)c2cc(-c3cccc(F)c3O)nnc12. The third-order valence-corrected chi connectivity index (χ3v) is 4.80. The molecule has 0 radical (unpaired) electrons. The molecular weight excluding hydrogens is 347 g/mol. The lowest BCUT2D eigenvalue weighted by molar-refractivity contribution is 0.351. The molecule has 0 aliphatic carbocycles. The Kier molecular flexibility index (Phi) is 4.65. The fraction of sp³-hybridized carbons (Fsp3) is 0.421. The number of halogens is 1. The highest BCUT2D eigenvalue weighted by Gasteiger charge is 2.23. The van der Waals surface area contributed by atoms with Crippen LogP contribution >= 0.6 is 0 Å². The molecule has 142 valence electrons. The number of hydrogen-bond acceptors (Lipinski definition) is 6. The molecule has 0 bridgehead atoms. The van der Waals surface area contributed by atoms with E-state index < -0.39 is 11.6 Å². The van der Waals surface area contributed by atoms with Gasteiger partial charge in [-0.3, -0.25) is 4.68 Å². The summed E-state index contributed by atoms with van der Waals surface area (Å²) in [5.41, 5.74) is 2.26. The normalized spacial score (nSPS) is 15.6. The van der Waals surface area contributed by atoms with E-state index in [1.807, 2.05) is 24.6 Å². The topological polar surface area (TPSA) is 87.9 Å². The molecule has 1 aliphatic heterocycles. The first-order chi connectivity index (χ1) is 13.0. The second-order valence-electron chi connectivity index (χ2n) is 7.17. The highest BCUT2D eigenvalue weighted by molar-refractivity contribution is 5.88. The van der Waals surface area contributed by atoms with Gasteiger partial charge >= 0.3 is 0 Å². The van der Waals surface area contributed by atoms with E-state index in [0.29, 0.717) is 22.6 Å². The number of anilines is 1. The van der Waals surface area contributed by atoms with Crippen molar-refractivity contribution < 1.29 is 9.50 Å². The predicted octanol–water partition coefficient (Wildman–Crippen LogP) is 3.08. The van der Waals surface area contributed by atoms with Crippen molar-refractivity contribution in [2.75, 3.05) is 18.4 Å². The van der Waals surface area contributed by atoms with Crippen LogP contribution in [0.5, 0.6) is 5.75 Å². The standard InChI is InChI=1S/C19H23FN6O/c1-11(2)22-19-17-16(26(25-19)12-6-8-21-9-7-12)10-15(23-24-17)13-4-3-5-14(20)18(13)27/h3-5,10-12,21,27H,6-9H2,1-2H3,(H,22,25). The van der Waals surface area contributed by atoms with Crippen molar-refractivity contribution in [3.05, 3.63) is 30.1 Å². The summed E-state index contributed by atoms with van der Waals surface area (Å²) in [5, 5.41) is 30.1. The summed E-state index contributed by atoms with van der Waals surface area (Å²) in [7, 11) is 0. The van der Waals surface area contributed by atoms with Crippen LogP contribution in [0.1, 0.15) is 32.7 Å². The lowest BCUT2D eigenvalue weighted by Crippen LogP contribution is -2.29. The van der Waals surface area contributed by atoms with E-state index in [1.165, 1.54) is 6.07 Å². The molecule has 1 aliphatic rings. The zero-order valence-corrected chi connectivity index (χ0v) is 15.4. The molecule has 2 aromatic heterocycles. The van der Waals surface area contributed by atoms with Crippen LogP contribution in [0.25, 0.3) is 22.3 Å². The number of aromatic hydroxyl groups is 1. The minimum Gasteiger partial charge on any atom is -0.504 e. The Labute approximate surface area is 156 Å². The monoisotopic (exact) mass is 370 g/mol. The van der Waals surface area contributed by atoms with Gasteiger partial charge in [-0.2, -0.15) is 5.10 Å². The van der Waals surface area contributed by atoms with Crippen LogP contribution in [-0.4, -0.2) is 44.2 Å². The number of rotatable bonds is 4. The maximum Gasteiger partial charge on any atom is 0.176 e. The number of nitrogens with one attached hydrogen (secondary N) is 2. The molecule has 3 aromatic rings. The highest BCUT2D eigenvalue weighted by Crippen LogP contribution is 2.33. The van der Waals surface area contributed by atoms with Gasteiger partial charge in [0.2, 0.25) is 0 Å². The average Bonchev–Trinajstić information content (AvgIpc) is 3.02. The maximum atomic E-state index is 13.8. The largest absolute Gasteiger partial charge is 0.504 e. The second-order valence-corrected chi connectivity index (χ2v) is 7.17. The number of hydrogen-bond donors (Lipinski definition) is 3. The Bertz CT molecular complexity index is 964. The molecule has 0 spiro atoms. The molecule has 3 N–H and O–H groups in total. The van der Waals surface area contributed by atoms with E-state index in [4.69, 9.17) is 5.10 Å². The molecule has 0 atom stereocenters. The van der Waals surface area contributed by atoms with Gasteiger partial charge in [-0.05, 0) is 58.0 Å². The van der Waals surface area contributed by atoms with Crippen molar-refractivity contribution in [1.82, 2.24) is 25.3 Å². The van der Waals surface area contributed by atoms with E-state index in [0.717, 1.165) is 31.4 Å². The number of para-hydroxylation sites is 1. The van der Waals surface area contributed by atoms with Gasteiger partial charge in [0.15, 0.2) is 22.9 Å². The summed E-state index contributed by atoms with van der Waals surface area (Å²) in [5.74, 6) is -0.399. The van der Waals surface area contributed by atoms with Gasteiger partial charge in [-0.1, -0.05) is 6.07 Å². The Morgan fingerprint density at radius 3 is 2.78 bits per heavy atom. The number of benzene rings is 1. The van der Waals surface area contributed by atoms with Crippen LogP contribution in [0.2, 0.25) is 0 Å². The van der Waals surface area contributed by atoms with Crippen LogP contribution < -0.4 is 10.6 Å². The summed E-state index contributed by atoms with van der Waals surface area (Å²) in [6, 6.07) is 6.69. The molecule has 0 saturated carbocycles. The number of nitrogens with zero attached hydrogens (tertiary/aromatic N) is 4. The van der Waals surface area contributed by atoms with Gasteiger partial charge in [-0.25, -0.2) is 4.39 Å². The minimum absolute atomic E-state index is 0.207. The van der Waals surface area contributed by atoms with Crippen molar-refractivity contribution >= 4 is 16.9 Å². The predicted molar refractivity (Wildman–Crippen MR) is 102 cm³/mol. The first-order valence-electron chi connectivity index (χ1n) is 9.25. The first-order valence-corrected chi connectivity index (χ1v) is 9.25. The van der Waals surface area contributed by atoms with Gasteiger partial charge in [0.1, 0.15) is 0 Å². The van der Waals surface area contributed by atoms with Crippen molar-refractivity contribution in [3.8, 4) is 17.0 Å². The lowest BCUT2D eigenvalue weighted by atomic mass is 10.1. The Balaban J connectivity index is 1.86. The molecule has 4 rings (SSSR count). The number of phenols is 1. The summed E-state index contributed by atoms with van der Waals surface area (Å²) < 4.78 is 15.8. The van der Waals surface area contributed by atoms with Crippen LogP contribution in [0, 0.1) is 5.82 Å². The second kappa shape index (κ2) is 7.11. The summed E-state index contributed by atoms with van der Waals surface area (Å²) in [6.45, 7) is 5.97. The van der Waals surface area contributed by atoms with Crippen molar-refractivity contribution in [2.24, 2.45) is 0 Å². The highest BCUT2D eigenvalue weighted by atomic mass is 19.1. The summed E-state index contributed by atoms with van der Waals surface area (Å²) in [4.78, 5) is 0. The van der Waals surface area contributed by atoms with Crippen LogP contribution in [0.15, 0.2) is 24.3 Å². The van der Waals surface area contributed by atoms with Gasteiger partial charge in [0, 0.05) is 11.6 Å². The van der Waals surface area contributed by atoms with Crippen LogP contribution in [-0.2, 0) is 0 Å². The van der Waals surface area contributed by atoms with Crippen LogP contribution in [0.4, 0.5) is 10.2 Å². The molecule has 8 heteroatoms. The van der Waals surface area contributed by atoms with Gasteiger partial charge in [0.25, 0.3) is 0 Å². The van der Waals surface area contributed by atoms with Gasteiger partial charge in [-0.15, -0.1) is 10.2 Å². The molecule has 1 aromatic carbocycles. The third kappa shape index (κ3) is 3.32. The lowest BCUT2D eigenvalue weighted by Gasteiger charge is -2.23. The Morgan fingerprint density at radius 1 is 1.26 bits per heavy atom. The van der Waals surface area contributed by atoms with E-state index in [2.05, 4.69) is 20.8 Å². The number of piperidine rings is 1. The summed E-state index contributed by atoms with van der Waals surface area (Å²) >= 11 is 0. The zero-order valence-electron chi connectivity index (χ0n) is 15.4. The van der Waals surface area contributed by atoms with Crippen LogP contribution in [0.3, 0.4) is 0 Å². The Hall–Kier alpha value is -2.74. The van der Waals surface area contributed by atoms with Crippen molar-refractivity contribution in [2.45, 2.75) is 38.8 Å². The molecule has 3 heterocycles. The molecule has 27 heavy (non-hydrogen) atoms. The number of aromatic nitrogens is 4. The quantitative estimate of drug-likeness (QED) is 0.654. The average molecular weight is 370 g/mol. The molecule has 1 fully saturated rings. The molecular formula is C19H23FN6O. The first kappa shape index (κ1) is 17.7. The number of phenolic OH excluding ortho intramolecular Hbond substituents is 1. The zero-order chi connectivity index (χ0) is 19.0. The molecule has 7 nitrogen and oxygen atoms in total. The van der Waals surface area contributed by atoms with E-state index in [1.54, 1.807) is 12.1 Å². The molecule has 0 amide bonds. The van der Waals surface area contributed by atoms with Gasteiger partial charge in [0.05, 0.1) is 17.3 Å². The van der Waals surface area contributed by atoms with Crippen molar-refractivity contribution in [1.29, 1.82) is 0 Å². The fourth-order valence-electron chi connectivity index (χ4n) is 3.49. The maximum absolute atomic E-state index is 13.8. The van der Waals surface area contributed by atoms with E-state index in [9.17, 15) is 9.50 Å². The third-order valence-electron chi connectivity index (χ3n) is 4.80. The van der Waals surface area contributed by atoms with E-state index >= 15 is 0 Å². The minimum atomic E-state index is -0.677. The summed E-state index contributed by atoms with van der Waals surface area (Å²) in [6.07, 6.45) is 1.95. The van der Waals surface area contributed by atoms with E-state index in [-0.39, 0.29) is 12.1 Å². The smallest absolute Gasteiger partial charge is 0.176 e. The van der Waals surface area contributed by atoms with Gasteiger partial charge < -0.3 is 15.7 Å². The fourth-order valence-corrected chi connectivity index (χ4v) is 3.49. The molecule has 0 unspecified atom stereocenters. The Morgan fingerprint density at radius 2 is 2.04 bits per heavy atom.